The van der Waals surface area contributed by atoms with Crippen LogP contribution in [-0.2, 0) is 14.8 Å². The summed E-state index contributed by atoms with van der Waals surface area (Å²) in [7, 11) is -0.777. The van der Waals surface area contributed by atoms with Gasteiger partial charge in [-0.05, 0) is 70.7 Å². The van der Waals surface area contributed by atoms with Crippen LogP contribution in [0.3, 0.4) is 0 Å². The van der Waals surface area contributed by atoms with Crippen LogP contribution in [0.2, 0.25) is 5.02 Å². The third kappa shape index (κ3) is 5.20. The summed E-state index contributed by atoms with van der Waals surface area (Å²) in [5.74, 6) is 0.546. The number of benzene rings is 2. The van der Waals surface area contributed by atoms with E-state index in [9.17, 15) is 13.2 Å². The molecule has 0 saturated carbocycles. The maximum atomic E-state index is 13.0. The first-order valence-electron chi connectivity index (χ1n) is 9.29. The molecule has 0 bridgehead atoms. The molecule has 2 aromatic carbocycles. The molecule has 8 nitrogen and oxygen atoms in total. The molecule has 1 atom stereocenters. The lowest BCUT2D eigenvalue weighted by Crippen LogP contribution is -2.44. The molecule has 1 heterocycles. The normalized spacial score (nSPS) is 17.1. The van der Waals surface area contributed by atoms with Crippen LogP contribution in [0.1, 0.15) is 18.4 Å². The van der Waals surface area contributed by atoms with E-state index in [1.165, 1.54) is 49.0 Å². The molecule has 2 aromatic rings. The van der Waals surface area contributed by atoms with Crippen LogP contribution in [-0.4, -0.2) is 51.7 Å². The number of hydrazone groups is 1. The van der Waals surface area contributed by atoms with Gasteiger partial charge in [-0.25, -0.2) is 13.8 Å². The van der Waals surface area contributed by atoms with Gasteiger partial charge in [0.05, 0.1) is 29.8 Å². The lowest BCUT2D eigenvalue weighted by molar-refractivity contribution is -0.124. The second-order valence-corrected chi connectivity index (χ2v) is 9.88. The number of carbonyl (C=O) groups is 1. The highest BCUT2D eigenvalue weighted by Crippen LogP contribution is 2.35. The molecular weight excluding hydrogens is 510 g/mol. The van der Waals surface area contributed by atoms with Crippen molar-refractivity contribution in [2.45, 2.75) is 23.8 Å². The summed E-state index contributed by atoms with van der Waals surface area (Å²) in [6.45, 7) is 0.259. The zero-order chi connectivity index (χ0) is 22.6. The summed E-state index contributed by atoms with van der Waals surface area (Å²) < 4.78 is 38.3. The van der Waals surface area contributed by atoms with E-state index in [1.54, 1.807) is 12.1 Å². The van der Waals surface area contributed by atoms with Gasteiger partial charge >= 0.3 is 0 Å². The molecule has 0 spiro atoms. The van der Waals surface area contributed by atoms with Gasteiger partial charge < -0.3 is 9.47 Å². The Balaban J connectivity index is 1.73. The van der Waals surface area contributed by atoms with Crippen molar-refractivity contribution in [3.05, 3.63) is 51.5 Å². The van der Waals surface area contributed by atoms with Crippen molar-refractivity contribution in [1.82, 2.24) is 9.73 Å². The van der Waals surface area contributed by atoms with E-state index in [1.807, 2.05) is 0 Å². The first-order chi connectivity index (χ1) is 14.8. The van der Waals surface area contributed by atoms with E-state index in [0.717, 1.165) is 0 Å². The van der Waals surface area contributed by atoms with Crippen molar-refractivity contribution in [3.63, 3.8) is 0 Å². The van der Waals surface area contributed by atoms with E-state index >= 15 is 0 Å². The summed E-state index contributed by atoms with van der Waals surface area (Å²) in [5, 5.41) is 4.41. The fourth-order valence-electron chi connectivity index (χ4n) is 3.29. The Bertz CT molecular complexity index is 1090. The minimum absolute atomic E-state index is 0.0929. The summed E-state index contributed by atoms with van der Waals surface area (Å²) in [6, 6.07) is 8.48. The predicted molar refractivity (Wildman–Crippen MR) is 121 cm³/mol. The van der Waals surface area contributed by atoms with E-state index in [0.29, 0.717) is 39.4 Å². The molecule has 0 aliphatic carbocycles. The monoisotopic (exact) mass is 529 g/mol. The Labute approximate surface area is 194 Å². The molecular formula is C20H21BrClN3O5S. The van der Waals surface area contributed by atoms with Gasteiger partial charge in [-0.1, -0.05) is 11.6 Å². The molecule has 0 aromatic heterocycles. The molecule has 11 heteroatoms. The second kappa shape index (κ2) is 9.99. The molecule has 0 unspecified atom stereocenters. The van der Waals surface area contributed by atoms with Crippen LogP contribution in [0.25, 0.3) is 0 Å². The second-order valence-electron chi connectivity index (χ2n) is 6.70. The Morgan fingerprint density at radius 3 is 2.61 bits per heavy atom. The van der Waals surface area contributed by atoms with Crippen LogP contribution in [0.15, 0.2) is 50.9 Å². The van der Waals surface area contributed by atoms with Crippen molar-refractivity contribution in [2.75, 3.05) is 20.8 Å². The maximum absolute atomic E-state index is 13.0. The Hall–Kier alpha value is -2.14. The van der Waals surface area contributed by atoms with Crippen LogP contribution >= 0.6 is 27.5 Å². The highest BCUT2D eigenvalue weighted by Gasteiger charge is 2.39. The predicted octanol–water partition coefficient (Wildman–Crippen LogP) is 3.42. The average Bonchev–Trinajstić information content (AvgIpc) is 3.24. The van der Waals surface area contributed by atoms with Crippen LogP contribution < -0.4 is 14.9 Å². The SMILES string of the molecule is COc1cc(/C=N\NC(=O)[C@@H]2CCCN2S(=O)(=O)c2ccc(Cl)cc2)cc(Br)c1OC. The number of amides is 1. The molecule has 1 saturated heterocycles. The minimum Gasteiger partial charge on any atom is -0.493 e. The van der Waals surface area contributed by atoms with Crippen molar-refractivity contribution >= 4 is 49.7 Å². The number of methoxy groups -OCH3 is 2. The van der Waals surface area contributed by atoms with Gasteiger partial charge in [0, 0.05) is 11.6 Å². The number of sulfonamides is 1. The number of halogens is 2. The number of rotatable bonds is 7. The van der Waals surface area contributed by atoms with Crippen LogP contribution in [0.5, 0.6) is 11.5 Å². The number of ether oxygens (including phenoxy) is 2. The molecule has 31 heavy (non-hydrogen) atoms. The lowest BCUT2D eigenvalue weighted by atomic mass is 10.2. The Kier molecular flexibility index (Phi) is 7.58. The van der Waals surface area contributed by atoms with Gasteiger partial charge in [0.2, 0.25) is 10.0 Å². The van der Waals surface area contributed by atoms with Gasteiger partial charge in [0.25, 0.3) is 5.91 Å². The fraction of sp³-hybridized carbons (Fsp3) is 0.300. The third-order valence-corrected chi connectivity index (χ3v) is 7.53. The Morgan fingerprint density at radius 1 is 1.26 bits per heavy atom. The quantitative estimate of drug-likeness (QED) is 0.437. The van der Waals surface area contributed by atoms with E-state index < -0.39 is 22.0 Å². The number of hydrogen-bond donors (Lipinski definition) is 1. The minimum atomic E-state index is -3.82. The standard InChI is InChI=1S/C20H21BrClN3O5S/c1-29-18-11-13(10-16(21)19(18)30-2)12-23-24-20(26)17-4-3-9-25(17)31(27,28)15-7-5-14(22)6-8-15/h5-8,10-12,17H,3-4,9H2,1-2H3,(H,24,26)/b23-12-/t17-/m0/s1. The van der Waals surface area contributed by atoms with Gasteiger partial charge in [0.15, 0.2) is 11.5 Å². The fourth-order valence-corrected chi connectivity index (χ4v) is 5.69. The first-order valence-corrected chi connectivity index (χ1v) is 11.9. The largest absolute Gasteiger partial charge is 0.493 e. The molecule has 1 N–H and O–H groups in total. The van der Waals surface area contributed by atoms with E-state index in [2.05, 4.69) is 26.5 Å². The van der Waals surface area contributed by atoms with Gasteiger partial charge in [-0.15, -0.1) is 0 Å². The Morgan fingerprint density at radius 2 is 1.97 bits per heavy atom. The van der Waals surface area contributed by atoms with Crippen molar-refractivity contribution in [2.24, 2.45) is 5.10 Å². The summed E-state index contributed by atoms with van der Waals surface area (Å²) in [4.78, 5) is 12.8. The summed E-state index contributed by atoms with van der Waals surface area (Å²) >= 11 is 9.24. The molecule has 1 fully saturated rings. The topological polar surface area (TPSA) is 97.3 Å². The van der Waals surface area contributed by atoms with E-state index in [4.69, 9.17) is 21.1 Å². The summed E-state index contributed by atoms with van der Waals surface area (Å²) in [5.41, 5.74) is 3.09. The van der Waals surface area contributed by atoms with Crippen molar-refractivity contribution in [1.29, 1.82) is 0 Å². The highest BCUT2D eigenvalue weighted by molar-refractivity contribution is 9.10. The third-order valence-electron chi connectivity index (χ3n) is 4.77. The molecule has 1 amide bonds. The molecule has 1 aliphatic rings. The van der Waals surface area contributed by atoms with Gasteiger partial charge in [-0.2, -0.15) is 9.41 Å². The summed E-state index contributed by atoms with van der Waals surface area (Å²) in [6.07, 6.45) is 2.44. The van der Waals surface area contributed by atoms with Gasteiger partial charge in [0.1, 0.15) is 6.04 Å². The highest BCUT2D eigenvalue weighted by atomic mass is 79.9. The zero-order valence-corrected chi connectivity index (χ0v) is 20.0. The van der Waals surface area contributed by atoms with Crippen molar-refractivity contribution < 1.29 is 22.7 Å². The molecule has 0 radical (unpaired) electrons. The first kappa shape index (κ1) is 23.5. The number of hydrogen-bond acceptors (Lipinski definition) is 6. The lowest BCUT2D eigenvalue weighted by Gasteiger charge is -2.22. The van der Waals surface area contributed by atoms with Crippen molar-refractivity contribution in [3.8, 4) is 11.5 Å². The zero-order valence-electron chi connectivity index (χ0n) is 16.8. The molecule has 3 rings (SSSR count). The average molecular weight is 531 g/mol. The maximum Gasteiger partial charge on any atom is 0.258 e. The van der Waals surface area contributed by atoms with Crippen LogP contribution in [0, 0.1) is 0 Å². The van der Waals surface area contributed by atoms with Crippen LogP contribution in [0.4, 0.5) is 0 Å². The van der Waals surface area contributed by atoms with E-state index in [-0.39, 0.29) is 11.4 Å². The number of carbonyl (C=O) groups excluding carboxylic acids is 1. The van der Waals surface area contributed by atoms with Gasteiger partial charge in [-0.3, -0.25) is 4.79 Å². The number of nitrogens with one attached hydrogen (secondary N) is 1. The molecule has 1 aliphatic heterocycles. The number of nitrogens with zero attached hydrogens (tertiary/aromatic N) is 2. The smallest absolute Gasteiger partial charge is 0.258 e. The molecule has 166 valence electrons.